The summed E-state index contributed by atoms with van der Waals surface area (Å²) in [6.45, 7) is 4.66. The van der Waals surface area contributed by atoms with E-state index in [9.17, 15) is 0 Å². The van der Waals surface area contributed by atoms with Gasteiger partial charge in [-0.15, -0.1) is 0 Å². The molecule has 1 aromatic heterocycles. The summed E-state index contributed by atoms with van der Waals surface area (Å²) in [5.74, 6) is 0. The molecule has 2 nitrogen and oxygen atoms in total. The second kappa shape index (κ2) is 4.37. The van der Waals surface area contributed by atoms with E-state index in [4.69, 9.17) is 9.15 Å². The maximum absolute atomic E-state index is 5.55. The van der Waals surface area contributed by atoms with Crippen LogP contribution in [-0.2, 0) is 11.3 Å². The molecule has 0 radical (unpaired) electrons. The Balaban J connectivity index is 2.29. The number of furan rings is 1. The third kappa shape index (κ3) is 2.41. The standard InChI is InChI=1S/C12H13BrO2/c1-8(2)14-6-9-7-15-12-5-10(13)3-4-11(9)12/h3-5,7-8H,6H2,1-2H3. The summed E-state index contributed by atoms with van der Waals surface area (Å²) in [6.07, 6.45) is 2.00. The highest BCUT2D eigenvalue weighted by atomic mass is 79.9. The van der Waals surface area contributed by atoms with Gasteiger partial charge in [0.1, 0.15) is 5.58 Å². The Kier molecular flexibility index (Phi) is 3.12. The Morgan fingerprint density at radius 1 is 1.40 bits per heavy atom. The molecule has 2 aromatic rings. The van der Waals surface area contributed by atoms with Crippen LogP contribution in [0.3, 0.4) is 0 Å². The molecule has 2 rings (SSSR count). The average Bonchev–Trinajstić information content (AvgIpc) is 2.57. The minimum Gasteiger partial charge on any atom is -0.464 e. The average molecular weight is 269 g/mol. The van der Waals surface area contributed by atoms with Gasteiger partial charge in [0.05, 0.1) is 19.0 Å². The second-order valence-electron chi connectivity index (χ2n) is 3.76. The lowest BCUT2D eigenvalue weighted by Crippen LogP contribution is -2.01. The molecule has 0 fully saturated rings. The zero-order valence-corrected chi connectivity index (χ0v) is 10.4. The summed E-state index contributed by atoms with van der Waals surface area (Å²) in [5.41, 5.74) is 2.00. The van der Waals surface area contributed by atoms with Gasteiger partial charge in [0.2, 0.25) is 0 Å². The van der Waals surface area contributed by atoms with Gasteiger partial charge in [-0.25, -0.2) is 0 Å². The molecule has 0 spiro atoms. The Morgan fingerprint density at radius 2 is 2.20 bits per heavy atom. The number of rotatable bonds is 3. The van der Waals surface area contributed by atoms with E-state index in [0.29, 0.717) is 6.61 Å². The normalized spacial score (nSPS) is 11.5. The molecule has 0 N–H and O–H groups in total. The predicted octanol–water partition coefficient (Wildman–Crippen LogP) is 4.12. The minimum absolute atomic E-state index is 0.241. The lowest BCUT2D eigenvalue weighted by atomic mass is 10.2. The predicted molar refractivity (Wildman–Crippen MR) is 63.8 cm³/mol. The molecule has 0 saturated carbocycles. The Hall–Kier alpha value is -0.800. The summed E-state index contributed by atoms with van der Waals surface area (Å²) >= 11 is 3.41. The quantitative estimate of drug-likeness (QED) is 0.836. The van der Waals surface area contributed by atoms with Crippen molar-refractivity contribution in [1.82, 2.24) is 0 Å². The van der Waals surface area contributed by atoms with Crippen molar-refractivity contribution in [2.75, 3.05) is 0 Å². The summed E-state index contributed by atoms with van der Waals surface area (Å²) in [5, 5.41) is 1.12. The molecule has 0 aliphatic heterocycles. The van der Waals surface area contributed by atoms with Gasteiger partial charge in [-0.2, -0.15) is 0 Å². The summed E-state index contributed by atoms with van der Waals surface area (Å²) < 4.78 is 12.0. The van der Waals surface area contributed by atoms with Gasteiger partial charge < -0.3 is 9.15 Å². The van der Waals surface area contributed by atoms with Crippen LogP contribution >= 0.6 is 15.9 Å². The van der Waals surface area contributed by atoms with E-state index in [0.717, 1.165) is 21.0 Å². The number of ether oxygens (including phenoxy) is 1. The van der Waals surface area contributed by atoms with Crippen molar-refractivity contribution in [3.8, 4) is 0 Å². The van der Waals surface area contributed by atoms with E-state index in [1.807, 2.05) is 32.0 Å². The van der Waals surface area contributed by atoms with Crippen molar-refractivity contribution < 1.29 is 9.15 Å². The number of halogens is 1. The van der Waals surface area contributed by atoms with Crippen LogP contribution in [0.2, 0.25) is 0 Å². The maximum Gasteiger partial charge on any atom is 0.135 e. The summed E-state index contributed by atoms with van der Waals surface area (Å²) in [6, 6.07) is 6.02. The van der Waals surface area contributed by atoms with Crippen LogP contribution < -0.4 is 0 Å². The van der Waals surface area contributed by atoms with E-state index in [1.54, 1.807) is 6.26 Å². The van der Waals surface area contributed by atoms with E-state index in [1.165, 1.54) is 0 Å². The first kappa shape index (κ1) is 10.7. The van der Waals surface area contributed by atoms with Crippen LogP contribution in [0.4, 0.5) is 0 Å². The fraction of sp³-hybridized carbons (Fsp3) is 0.333. The smallest absolute Gasteiger partial charge is 0.135 e. The maximum atomic E-state index is 5.55. The van der Waals surface area contributed by atoms with Gasteiger partial charge in [-0.05, 0) is 32.0 Å². The molecule has 3 heteroatoms. The molecule has 0 bridgehead atoms. The van der Waals surface area contributed by atoms with Gasteiger partial charge in [-0.3, -0.25) is 0 Å². The Labute approximate surface area is 97.3 Å². The molecule has 0 unspecified atom stereocenters. The van der Waals surface area contributed by atoms with E-state index >= 15 is 0 Å². The van der Waals surface area contributed by atoms with Crippen LogP contribution in [-0.4, -0.2) is 6.10 Å². The van der Waals surface area contributed by atoms with Gasteiger partial charge >= 0.3 is 0 Å². The molecular formula is C12H13BrO2. The van der Waals surface area contributed by atoms with E-state index in [-0.39, 0.29) is 6.10 Å². The van der Waals surface area contributed by atoms with Gasteiger partial charge in [0, 0.05) is 15.4 Å². The molecule has 0 aliphatic rings. The molecule has 1 aromatic carbocycles. The van der Waals surface area contributed by atoms with Crippen LogP contribution in [0.15, 0.2) is 33.4 Å². The lowest BCUT2D eigenvalue weighted by molar-refractivity contribution is 0.0660. The highest BCUT2D eigenvalue weighted by molar-refractivity contribution is 9.10. The summed E-state index contributed by atoms with van der Waals surface area (Å²) in [7, 11) is 0. The molecule has 0 amide bonds. The minimum atomic E-state index is 0.241. The molecule has 15 heavy (non-hydrogen) atoms. The van der Waals surface area contributed by atoms with Crippen LogP contribution in [0.1, 0.15) is 19.4 Å². The topological polar surface area (TPSA) is 22.4 Å². The molecule has 80 valence electrons. The molecule has 0 aliphatic carbocycles. The van der Waals surface area contributed by atoms with Crippen molar-refractivity contribution in [1.29, 1.82) is 0 Å². The third-order valence-electron chi connectivity index (χ3n) is 2.19. The van der Waals surface area contributed by atoms with Gasteiger partial charge in [0.15, 0.2) is 0 Å². The Bertz CT molecular complexity index is 460. The largest absolute Gasteiger partial charge is 0.464 e. The molecule has 0 atom stereocenters. The highest BCUT2D eigenvalue weighted by Gasteiger charge is 2.06. The molecule has 1 heterocycles. The zero-order chi connectivity index (χ0) is 10.8. The van der Waals surface area contributed by atoms with E-state index in [2.05, 4.69) is 15.9 Å². The summed E-state index contributed by atoms with van der Waals surface area (Å²) in [4.78, 5) is 0. The van der Waals surface area contributed by atoms with Gasteiger partial charge in [-0.1, -0.05) is 15.9 Å². The Morgan fingerprint density at radius 3 is 2.93 bits per heavy atom. The monoisotopic (exact) mass is 268 g/mol. The lowest BCUT2D eigenvalue weighted by Gasteiger charge is -2.05. The molecular weight excluding hydrogens is 256 g/mol. The van der Waals surface area contributed by atoms with Crippen molar-refractivity contribution in [2.24, 2.45) is 0 Å². The number of hydrogen-bond donors (Lipinski definition) is 0. The number of fused-ring (bicyclic) bond motifs is 1. The SMILES string of the molecule is CC(C)OCc1coc2cc(Br)ccc12. The van der Waals surface area contributed by atoms with E-state index < -0.39 is 0 Å². The zero-order valence-electron chi connectivity index (χ0n) is 8.79. The van der Waals surface area contributed by atoms with Crippen molar-refractivity contribution >= 4 is 26.9 Å². The van der Waals surface area contributed by atoms with Crippen molar-refractivity contribution in [2.45, 2.75) is 26.6 Å². The van der Waals surface area contributed by atoms with Gasteiger partial charge in [0.25, 0.3) is 0 Å². The van der Waals surface area contributed by atoms with Crippen LogP contribution in [0.25, 0.3) is 11.0 Å². The third-order valence-corrected chi connectivity index (χ3v) is 2.68. The first-order valence-electron chi connectivity index (χ1n) is 4.94. The van der Waals surface area contributed by atoms with Crippen molar-refractivity contribution in [3.63, 3.8) is 0 Å². The first-order valence-corrected chi connectivity index (χ1v) is 5.73. The van der Waals surface area contributed by atoms with Crippen LogP contribution in [0.5, 0.6) is 0 Å². The second-order valence-corrected chi connectivity index (χ2v) is 4.68. The fourth-order valence-electron chi connectivity index (χ4n) is 1.43. The number of benzene rings is 1. The first-order chi connectivity index (χ1) is 7.16. The van der Waals surface area contributed by atoms with Crippen LogP contribution in [0, 0.1) is 0 Å². The molecule has 0 saturated heterocycles. The number of hydrogen-bond acceptors (Lipinski definition) is 2. The highest BCUT2D eigenvalue weighted by Crippen LogP contribution is 2.25. The van der Waals surface area contributed by atoms with Crippen molar-refractivity contribution in [3.05, 3.63) is 34.5 Å². The fourth-order valence-corrected chi connectivity index (χ4v) is 1.77.